The molecule has 0 spiro atoms. The van der Waals surface area contributed by atoms with Crippen LogP contribution in [0.4, 0.5) is 5.69 Å². The van der Waals surface area contributed by atoms with Crippen molar-refractivity contribution in [2.75, 3.05) is 18.4 Å². The molecule has 0 unspecified atom stereocenters. The summed E-state index contributed by atoms with van der Waals surface area (Å²) < 4.78 is 0. The van der Waals surface area contributed by atoms with E-state index in [9.17, 15) is 9.59 Å². The second kappa shape index (κ2) is 9.43. The van der Waals surface area contributed by atoms with Gasteiger partial charge in [0.15, 0.2) is 0 Å². The molecular weight excluding hydrogens is 374 g/mol. The molecule has 2 rings (SSSR count). The van der Waals surface area contributed by atoms with Crippen molar-refractivity contribution < 1.29 is 9.59 Å². The first-order chi connectivity index (χ1) is 13.9. The summed E-state index contributed by atoms with van der Waals surface area (Å²) in [6, 6.07) is 13.1. The van der Waals surface area contributed by atoms with Crippen LogP contribution in [0.25, 0.3) is 0 Å². The highest BCUT2D eigenvalue weighted by atomic mass is 16.2. The van der Waals surface area contributed by atoms with Crippen LogP contribution in [0.15, 0.2) is 42.5 Å². The van der Waals surface area contributed by atoms with Crippen LogP contribution in [0.5, 0.6) is 0 Å². The van der Waals surface area contributed by atoms with Crippen LogP contribution in [-0.2, 0) is 10.8 Å². The van der Waals surface area contributed by atoms with Gasteiger partial charge < -0.3 is 16.4 Å². The number of carbonyl (C=O) groups is 2. The zero-order valence-corrected chi connectivity index (χ0v) is 19.1. The third kappa shape index (κ3) is 6.42. The maximum Gasteiger partial charge on any atom is 0.255 e. The minimum absolute atomic E-state index is 0.0716. The average Bonchev–Trinajstić information content (AvgIpc) is 2.66. The lowest BCUT2D eigenvalue weighted by molar-refractivity contribution is 0.0952. The van der Waals surface area contributed by atoms with Crippen molar-refractivity contribution in [1.29, 1.82) is 0 Å². The maximum atomic E-state index is 13.0. The van der Waals surface area contributed by atoms with Gasteiger partial charge in [0.05, 0.1) is 0 Å². The van der Waals surface area contributed by atoms with Crippen molar-refractivity contribution in [3.8, 4) is 0 Å². The van der Waals surface area contributed by atoms with Gasteiger partial charge in [0, 0.05) is 23.4 Å². The molecule has 0 heterocycles. The van der Waals surface area contributed by atoms with Gasteiger partial charge in [0.25, 0.3) is 11.8 Å². The summed E-state index contributed by atoms with van der Waals surface area (Å²) in [5.41, 5.74) is 9.26. The van der Waals surface area contributed by atoms with Crippen LogP contribution < -0.4 is 16.4 Å². The molecular formula is C25H35N3O2. The topological polar surface area (TPSA) is 84.2 Å². The predicted octanol–water partition coefficient (Wildman–Crippen LogP) is 4.61. The predicted molar refractivity (Wildman–Crippen MR) is 124 cm³/mol. The fourth-order valence-electron chi connectivity index (χ4n) is 2.97. The Morgan fingerprint density at radius 3 is 1.97 bits per heavy atom. The highest BCUT2D eigenvalue weighted by Crippen LogP contribution is 2.30. The standard InChI is InChI=1S/C25H35N3O2/c1-24(2,3)19-13-18(14-20(16-19)25(4,5)6)23(30)28-21-10-7-9-17(15-21)22(29)27-12-8-11-26/h7,9-10,13-16H,8,11-12,26H2,1-6H3,(H,27,29)(H,28,30). The first-order valence-electron chi connectivity index (χ1n) is 10.5. The van der Waals surface area contributed by atoms with Gasteiger partial charge in [-0.3, -0.25) is 9.59 Å². The Hall–Kier alpha value is -2.66. The van der Waals surface area contributed by atoms with Crippen molar-refractivity contribution >= 4 is 17.5 Å². The SMILES string of the molecule is CC(C)(C)c1cc(C(=O)Nc2cccc(C(=O)NCCCN)c2)cc(C(C)(C)C)c1. The summed E-state index contributed by atoms with van der Waals surface area (Å²) in [6.45, 7) is 13.9. The Balaban J connectivity index is 2.27. The van der Waals surface area contributed by atoms with Crippen molar-refractivity contribution in [2.24, 2.45) is 5.73 Å². The molecule has 0 radical (unpaired) electrons. The maximum absolute atomic E-state index is 13.0. The van der Waals surface area contributed by atoms with Gasteiger partial charge in [0.2, 0.25) is 0 Å². The van der Waals surface area contributed by atoms with Gasteiger partial charge in [-0.15, -0.1) is 0 Å². The molecule has 30 heavy (non-hydrogen) atoms. The third-order valence-electron chi connectivity index (χ3n) is 4.98. The number of nitrogens with one attached hydrogen (secondary N) is 2. The molecule has 2 aromatic rings. The van der Waals surface area contributed by atoms with Crippen molar-refractivity contribution in [1.82, 2.24) is 5.32 Å². The quantitative estimate of drug-likeness (QED) is 0.609. The van der Waals surface area contributed by atoms with Crippen molar-refractivity contribution in [3.05, 3.63) is 64.7 Å². The van der Waals surface area contributed by atoms with Crippen LogP contribution in [0.2, 0.25) is 0 Å². The number of benzene rings is 2. The number of hydrogen-bond donors (Lipinski definition) is 3. The van der Waals surface area contributed by atoms with Gasteiger partial charge >= 0.3 is 0 Å². The van der Waals surface area contributed by atoms with E-state index in [0.717, 1.165) is 17.5 Å². The smallest absolute Gasteiger partial charge is 0.255 e. The zero-order chi connectivity index (χ0) is 22.5. The Morgan fingerprint density at radius 2 is 1.43 bits per heavy atom. The van der Waals surface area contributed by atoms with E-state index in [-0.39, 0.29) is 22.6 Å². The molecule has 2 amide bonds. The zero-order valence-electron chi connectivity index (χ0n) is 19.1. The number of nitrogens with two attached hydrogens (primary N) is 1. The minimum atomic E-state index is -0.188. The van der Waals surface area contributed by atoms with Gasteiger partial charge in [-0.25, -0.2) is 0 Å². The van der Waals surface area contributed by atoms with Crippen molar-refractivity contribution in [3.63, 3.8) is 0 Å². The molecule has 5 nitrogen and oxygen atoms in total. The second-order valence-electron chi connectivity index (χ2n) is 9.73. The van der Waals surface area contributed by atoms with E-state index in [1.165, 1.54) is 0 Å². The number of amides is 2. The average molecular weight is 410 g/mol. The lowest BCUT2D eigenvalue weighted by Crippen LogP contribution is -2.26. The van der Waals surface area contributed by atoms with E-state index in [4.69, 9.17) is 5.73 Å². The highest BCUT2D eigenvalue weighted by molar-refractivity contribution is 6.05. The number of carbonyl (C=O) groups excluding carboxylic acids is 2. The highest BCUT2D eigenvalue weighted by Gasteiger charge is 2.22. The molecule has 0 aliphatic heterocycles. The summed E-state index contributed by atoms with van der Waals surface area (Å²) in [5, 5.41) is 5.77. The molecule has 0 aliphatic rings. The van der Waals surface area contributed by atoms with E-state index >= 15 is 0 Å². The normalized spacial score (nSPS) is 11.8. The summed E-state index contributed by atoms with van der Waals surface area (Å²) in [4.78, 5) is 25.3. The number of hydrogen-bond acceptors (Lipinski definition) is 3. The van der Waals surface area contributed by atoms with E-state index in [1.54, 1.807) is 24.3 Å². The van der Waals surface area contributed by atoms with Crippen LogP contribution >= 0.6 is 0 Å². The van der Waals surface area contributed by atoms with Gasteiger partial charge in [-0.1, -0.05) is 53.7 Å². The molecule has 2 aromatic carbocycles. The van der Waals surface area contributed by atoms with Gasteiger partial charge in [0.1, 0.15) is 0 Å². The molecule has 0 aliphatic carbocycles. The van der Waals surface area contributed by atoms with Crippen molar-refractivity contribution in [2.45, 2.75) is 58.8 Å². The molecule has 0 saturated carbocycles. The lowest BCUT2D eigenvalue weighted by atomic mass is 9.79. The minimum Gasteiger partial charge on any atom is -0.352 e. The molecule has 0 bridgehead atoms. The van der Waals surface area contributed by atoms with Gasteiger partial charge in [-0.05, 0) is 65.3 Å². The molecule has 162 valence electrons. The summed E-state index contributed by atoms with van der Waals surface area (Å²) in [5.74, 6) is -0.364. The molecule has 0 aromatic heterocycles. The Kier molecular flexibility index (Phi) is 7.43. The van der Waals surface area contributed by atoms with Crippen LogP contribution in [-0.4, -0.2) is 24.9 Å². The van der Waals surface area contributed by atoms with E-state index in [2.05, 4.69) is 58.2 Å². The molecule has 0 fully saturated rings. The lowest BCUT2D eigenvalue weighted by Gasteiger charge is -2.26. The molecule has 0 saturated heterocycles. The van der Waals surface area contributed by atoms with Crippen LogP contribution in [0.3, 0.4) is 0 Å². The Labute approximate surface area is 180 Å². The number of anilines is 1. The summed E-state index contributed by atoms with van der Waals surface area (Å²) >= 11 is 0. The first-order valence-corrected chi connectivity index (χ1v) is 10.5. The molecule has 0 atom stereocenters. The monoisotopic (exact) mass is 409 g/mol. The number of rotatable bonds is 6. The fourth-order valence-corrected chi connectivity index (χ4v) is 2.97. The van der Waals surface area contributed by atoms with E-state index in [0.29, 0.717) is 29.9 Å². The van der Waals surface area contributed by atoms with Crippen LogP contribution in [0, 0.1) is 0 Å². The van der Waals surface area contributed by atoms with Crippen LogP contribution in [0.1, 0.15) is 79.8 Å². The largest absolute Gasteiger partial charge is 0.352 e. The van der Waals surface area contributed by atoms with E-state index in [1.807, 2.05) is 12.1 Å². The Bertz CT molecular complexity index is 873. The van der Waals surface area contributed by atoms with Gasteiger partial charge in [-0.2, -0.15) is 0 Å². The Morgan fingerprint density at radius 1 is 0.833 bits per heavy atom. The molecule has 4 N–H and O–H groups in total. The summed E-state index contributed by atoms with van der Waals surface area (Å²) in [6.07, 6.45) is 0.725. The fraction of sp³-hybridized carbons (Fsp3) is 0.440. The second-order valence-corrected chi connectivity index (χ2v) is 9.73. The third-order valence-corrected chi connectivity index (χ3v) is 4.98. The summed E-state index contributed by atoms with van der Waals surface area (Å²) in [7, 11) is 0. The first kappa shape index (κ1) is 23.6. The van der Waals surface area contributed by atoms with E-state index < -0.39 is 0 Å². The molecule has 5 heteroatoms.